The highest BCUT2D eigenvalue weighted by atomic mass is 19.3. The van der Waals surface area contributed by atoms with Crippen molar-refractivity contribution in [2.75, 3.05) is 5.32 Å². The highest BCUT2D eigenvalue weighted by molar-refractivity contribution is 5.63. The molecule has 1 saturated carbocycles. The molecule has 2 heterocycles. The number of hydrogen-bond donors (Lipinski definition) is 1. The summed E-state index contributed by atoms with van der Waals surface area (Å²) in [7, 11) is 0. The fourth-order valence-electron chi connectivity index (χ4n) is 2.48. The fraction of sp³-hybridized carbons (Fsp3) is 0.200. The fourth-order valence-corrected chi connectivity index (χ4v) is 2.48. The van der Waals surface area contributed by atoms with Crippen molar-refractivity contribution >= 4 is 17.2 Å². The van der Waals surface area contributed by atoms with E-state index in [1.165, 1.54) is 18.2 Å². The van der Waals surface area contributed by atoms with Gasteiger partial charge in [-0.25, -0.2) is 4.39 Å². The van der Waals surface area contributed by atoms with Gasteiger partial charge in [-0.1, -0.05) is 6.07 Å². The lowest BCUT2D eigenvalue weighted by atomic mass is 10.2. The lowest BCUT2D eigenvalue weighted by Crippen LogP contribution is -2.02. The van der Waals surface area contributed by atoms with Crippen molar-refractivity contribution in [1.29, 1.82) is 0 Å². The molecule has 0 aliphatic heterocycles. The van der Waals surface area contributed by atoms with Gasteiger partial charge < -0.3 is 5.32 Å². The summed E-state index contributed by atoms with van der Waals surface area (Å²) in [6, 6.07) is 7.36. The number of nitrogens with zero attached hydrogens (tertiary/aromatic N) is 3. The van der Waals surface area contributed by atoms with Crippen molar-refractivity contribution < 1.29 is 13.9 Å². The zero-order valence-corrected chi connectivity index (χ0v) is 11.5. The van der Waals surface area contributed by atoms with Gasteiger partial charge in [0.2, 0.25) is 0 Å². The lowest BCUT2D eigenvalue weighted by molar-refractivity contribution is -0.0116. The third-order valence-electron chi connectivity index (χ3n) is 3.67. The van der Waals surface area contributed by atoms with Crippen molar-refractivity contribution in [3.05, 3.63) is 47.9 Å². The Kier molecular flexibility index (Phi) is 2.92. The molecule has 0 radical (unpaired) electrons. The normalized spacial score (nSPS) is 14.3. The quantitative estimate of drug-likeness (QED) is 0.797. The van der Waals surface area contributed by atoms with Gasteiger partial charge in [-0.2, -0.15) is 14.6 Å². The predicted octanol–water partition coefficient (Wildman–Crippen LogP) is 3.75. The molecule has 3 aromatic rings. The van der Waals surface area contributed by atoms with Gasteiger partial charge in [-0.05, 0) is 37.0 Å². The van der Waals surface area contributed by atoms with Crippen LogP contribution in [0.1, 0.15) is 24.3 Å². The van der Waals surface area contributed by atoms with Gasteiger partial charge in [0.15, 0.2) is 5.65 Å². The Morgan fingerprint density at radius 1 is 1.27 bits per heavy atom. The van der Waals surface area contributed by atoms with Crippen LogP contribution in [0.2, 0.25) is 0 Å². The number of hydrogen-bond acceptors (Lipinski definition) is 4. The Balaban J connectivity index is 1.81. The molecular weight excluding hydrogens is 290 g/mol. The van der Waals surface area contributed by atoms with Crippen molar-refractivity contribution in [1.82, 2.24) is 14.6 Å². The Hall–Kier alpha value is -2.70. The molecule has 0 amide bonds. The van der Waals surface area contributed by atoms with E-state index < -0.39 is 0 Å². The van der Waals surface area contributed by atoms with Gasteiger partial charge in [0.1, 0.15) is 11.6 Å². The summed E-state index contributed by atoms with van der Waals surface area (Å²) in [6.45, 7) is 0. The first-order valence-electron chi connectivity index (χ1n) is 6.94. The number of anilines is 2. The Morgan fingerprint density at radius 3 is 2.86 bits per heavy atom. The van der Waals surface area contributed by atoms with Crippen LogP contribution in [0.3, 0.4) is 0 Å². The number of aromatic nitrogens is 3. The first kappa shape index (κ1) is 13.0. The topological polar surface area (TPSA) is 51.5 Å². The first-order chi connectivity index (χ1) is 10.7. The molecule has 0 spiro atoms. The molecule has 4 rings (SSSR count). The summed E-state index contributed by atoms with van der Waals surface area (Å²) in [5.74, 6) is 0.349. The van der Waals surface area contributed by atoms with Gasteiger partial charge in [0.25, 0.3) is 5.88 Å². The van der Waals surface area contributed by atoms with Gasteiger partial charge in [-0.3, -0.25) is 4.94 Å². The molecule has 1 N–H and O–H groups in total. The van der Waals surface area contributed by atoms with Crippen molar-refractivity contribution in [2.24, 2.45) is 0 Å². The van der Waals surface area contributed by atoms with Crippen LogP contribution in [0.4, 0.5) is 20.4 Å². The van der Waals surface area contributed by atoms with E-state index in [-0.39, 0.29) is 11.7 Å². The van der Waals surface area contributed by atoms with Crippen molar-refractivity contribution in [3.8, 4) is 5.88 Å². The number of halogens is 2. The molecule has 7 heteroatoms. The van der Waals surface area contributed by atoms with Crippen LogP contribution in [0.25, 0.3) is 5.65 Å². The highest BCUT2D eigenvalue weighted by Crippen LogP contribution is 2.42. The molecule has 0 bridgehead atoms. The molecule has 0 unspecified atom stereocenters. The predicted molar refractivity (Wildman–Crippen MR) is 76.4 cm³/mol. The number of rotatable bonds is 4. The number of benzene rings is 1. The second kappa shape index (κ2) is 4.94. The minimum Gasteiger partial charge on any atom is -0.340 e. The van der Waals surface area contributed by atoms with E-state index in [0.29, 0.717) is 23.1 Å². The SMILES string of the molecule is FOc1cc(Nc2cccc(F)c2)n2ncc(C3CC3)c2n1. The van der Waals surface area contributed by atoms with Crippen LogP contribution in [0.5, 0.6) is 5.88 Å². The van der Waals surface area contributed by atoms with Gasteiger partial charge in [0.05, 0.1) is 6.20 Å². The molecule has 22 heavy (non-hydrogen) atoms. The zero-order valence-electron chi connectivity index (χ0n) is 11.5. The van der Waals surface area contributed by atoms with Crippen LogP contribution >= 0.6 is 0 Å². The molecule has 1 aromatic carbocycles. The maximum atomic E-state index is 13.3. The molecule has 1 fully saturated rings. The number of nitrogens with one attached hydrogen (secondary N) is 1. The van der Waals surface area contributed by atoms with Gasteiger partial charge >= 0.3 is 0 Å². The Labute approximate surface area is 124 Å². The lowest BCUT2D eigenvalue weighted by Gasteiger charge is -2.09. The summed E-state index contributed by atoms with van der Waals surface area (Å²) in [5.41, 5.74) is 2.05. The summed E-state index contributed by atoms with van der Waals surface area (Å²) in [4.78, 5) is 7.91. The van der Waals surface area contributed by atoms with Crippen LogP contribution in [0, 0.1) is 5.82 Å². The van der Waals surface area contributed by atoms with E-state index >= 15 is 0 Å². The van der Waals surface area contributed by atoms with Crippen molar-refractivity contribution in [2.45, 2.75) is 18.8 Å². The molecule has 112 valence electrons. The van der Waals surface area contributed by atoms with E-state index in [1.807, 2.05) is 0 Å². The molecule has 2 aromatic heterocycles. The maximum absolute atomic E-state index is 13.3. The summed E-state index contributed by atoms with van der Waals surface area (Å²) >= 11 is 0. The van der Waals surface area contributed by atoms with E-state index in [4.69, 9.17) is 0 Å². The molecular formula is C15H12F2N4O. The summed E-state index contributed by atoms with van der Waals surface area (Å²) < 4.78 is 27.5. The third kappa shape index (κ3) is 2.24. The van der Waals surface area contributed by atoms with Crippen LogP contribution in [-0.2, 0) is 0 Å². The first-order valence-corrected chi connectivity index (χ1v) is 6.94. The molecule has 5 nitrogen and oxygen atoms in total. The van der Waals surface area contributed by atoms with Crippen LogP contribution in [-0.4, -0.2) is 14.6 Å². The minimum atomic E-state index is -0.364. The molecule has 0 saturated heterocycles. The third-order valence-corrected chi connectivity index (χ3v) is 3.67. The van der Waals surface area contributed by atoms with Crippen molar-refractivity contribution in [3.63, 3.8) is 0 Å². The van der Waals surface area contributed by atoms with E-state index in [9.17, 15) is 8.92 Å². The average molecular weight is 302 g/mol. The smallest absolute Gasteiger partial charge is 0.268 e. The summed E-state index contributed by atoms with van der Waals surface area (Å²) in [6.07, 6.45) is 3.89. The van der Waals surface area contributed by atoms with Gasteiger partial charge in [-0.15, -0.1) is 0 Å². The Bertz CT molecular complexity index is 845. The monoisotopic (exact) mass is 302 g/mol. The van der Waals surface area contributed by atoms with Gasteiger partial charge in [0, 0.05) is 21.8 Å². The molecule has 0 atom stereocenters. The zero-order chi connectivity index (χ0) is 15.1. The van der Waals surface area contributed by atoms with Crippen LogP contribution in [0.15, 0.2) is 36.5 Å². The van der Waals surface area contributed by atoms with E-state index in [2.05, 4.69) is 20.3 Å². The Morgan fingerprint density at radius 2 is 2.14 bits per heavy atom. The second-order valence-corrected chi connectivity index (χ2v) is 5.30. The largest absolute Gasteiger partial charge is 0.340 e. The highest BCUT2D eigenvalue weighted by Gasteiger charge is 2.28. The van der Waals surface area contributed by atoms with Crippen LogP contribution < -0.4 is 10.3 Å². The number of fused-ring (bicyclic) bond motifs is 1. The molecule has 1 aliphatic carbocycles. The molecule has 1 aliphatic rings. The second-order valence-electron chi connectivity index (χ2n) is 5.30. The average Bonchev–Trinajstić information content (AvgIpc) is 3.26. The van der Waals surface area contributed by atoms with E-state index in [0.717, 1.165) is 18.4 Å². The standard InChI is InChI=1S/C15H12F2N4O/c16-10-2-1-3-11(6-10)19-13-7-14(22-17)20-15-12(9-4-5-9)8-18-21(13)15/h1-3,6-9,19H,4-5H2. The maximum Gasteiger partial charge on any atom is 0.268 e. The van der Waals surface area contributed by atoms with E-state index in [1.54, 1.807) is 22.8 Å². The minimum absolute atomic E-state index is 0.159. The summed E-state index contributed by atoms with van der Waals surface area (Å²) in [5, 5.41) is 7.30.